The number of pyridine rings is 1. The van der Waals surface area contributed by atoms with Crippen LogP contribution in [-0.2, 0) is 10.3 Å². The highest BCUT2D eigenvalue weighted by atomic mass is 16.5. The molecule has 0 saturated carbocycles. The number of methoxy groups -OCH3 is 1. The maximum atomic E-state index is 11.5. The summed E-state index contributed by atoms with van der Waals surface area (Å²) >= 11 is 0. The molecule has 2 N–H and O–H groups in total. The van der Waals surface area contributed by atoms with Gasteiger partial charge in [0.05, 0.1) is 25.9 Å². The van der Waals surface area contributed by atoms with Crippen LogP contribution in [0.3, 0.4) is 0 Å². The number of aliphatic hydroxyl groups is 1. The molecule has 9 heteroatoms. The number of ether oxygens (including phenoxy) is 2. The van der Waals surface area contributed by atoms with Crippen LogP contribution in [0, 0.1) is 0 Å². The highest BCUT2D eigenvalue weighted by Gasteiger charge is 2.36. The van der Waals surface area contributed by atoms with Crippen LogP contribution < -0.4 is 14.5 Å². The normalized spacial score (nSPS) is 18.8. The molecule has 1 aromatic carbocycles. The van der Waals surface area contributed by atoms with Crippen LogP contribution in [0.1, 0.15) is 18.4 Å². The fourth-order valence-corrected chi connectivity index (χ4v) is 4.88. The topological polar surface area (TPSA) is 99.9 Å². The summed E-state index contributed by atoms with van der Waals surface area (Å²) in [7, 11) is 1.60. The number of H-pyrrole nitrogens is 1. The van der Waals surface area contributed by atoms with Gasteiger partial charge in [0, 0.05) is 55.1 Å². The Morgan fingerprint density at radius 2 is 1.85 bits per heavy atom. The van der Waals surface area contributed by atoms with E-state index in [9.17, 15) is 5.11 Å². The monoisotopic (exact) mass is 449 g/mol. The molecule has 0 aliphatic carbocycles. The highest BCUT2D eigenvalue weighted by Crippen LogP contribution is 2.38. The van der Waals surface area contributed by atoms with Crippen molar-refractivity contribution in [1.82, 2.24) is 15.0 Å². The molecule has 172 valence electrons. The van der Waals surface area contributed by atoms with Gasteiger partial charge >= 0.3 is 0 Å². The fourth-order valence-electron chi connectivity index (χ4n) is 4.88. The molecule has 2 aliphatic rings. The van der Waals surface area contributed by atoms with Crippen molar-refractivity contribution in [2.45, 2.75) is 18.4 Å². The largest absolute Gasteiger partial charge is 0.481 e. The number of nitrogens with one attached hydrogen (secondary N) is 1. The molecule has 33 heavy (non-hydrogen) atoms. The second-order valence-electron chi connectivity index (χ2n) is 8.72. The van der Waals surface area contributed by atoms with E-state index in [0.29, 0.717) is 38.0 Å². The number of morpholine rings is 1. The molecular weight excluding hydrogens is 422 g/mol. The number of anilines is 2. The van der Waals surface area contributed by atoms with E-state index >= 15 is 0 Å². The van der Waals surface area contributed by atoms with Gasteiger partial charge in [0.2, 0.25) is 5.88 Å². The van der Waals surface area contributed by atoms with Crippen molar-refractivity contribution >= 4 is 33.8 Å². The molecule has 4 aromatic rings. The zero-order valence-corrected chi connectivity index (χ0v) is 18.6. The Hall–Kier alpha value is -3.30. The van der Waals surface area contributed by atoms with Gasteiger partial charge in [-0.25, -0.2) is 0 Å². The quantitative estimate of drug-likeness (QED) is 0.491. The Labute approximate surface area is 190 Å². The average Bonchev–Trinajstić information content (AvgIpc) is 3.49. The van der Waals surface area contributed by atoms with E-state index in [1.54, 1.807) is 7.11 Å². The van der Waals surface area contributed by atoms with Crippen LogP contribution in [0.2, 0.25) is 0 Å². The summed E-state index contributed by atoms with van der Waals surface area (Å²) in [5.41, 5.74) is 3.47. The van der Waals surface area contributed by atoms with Crippen LogP contribution in [-0.4, -0.2) is 66.6 Å². The molecule has 0 unspecified atom stereocenters. The SMILES string of the molecule is COc1ccc2c(C3(O)CCN(c4ccc5oc(N6CCOCC6)nc5c4)CC3)c[nH]c2n1. The third-order valence-corrected chi connectivity index (χ3v) is 6.82. The maximum Gasteiger partial charge on any atom is 0.298 e. The number of hydrogen-bond donors (Lipinski definition) is 2. The van der Waals surface area contributed by atoms with Crippen molar-refractivity contribution < 1.29 is 19.0 Å². The second kappa shape index (κ2) is 7.93. The Bertz CT molecular complexity index is 1280. The smallest absolute Gasteiger partial charge is 0.298 e. The Morgan fingerprint density at radius 3 is 2.64 bits per heavy atom. The van der Waals surface area contributed by atoms with E-state index in [2.05, 4.69) is 31.9 Å². The van der Waals surface area contributed by atoms with Crippen LogP contribution in [0.5, 0.6) is 5.88 Å². The molecule has 0 spiro atoms. The second-order valence-corrected chi connectivity index (χ2v) is 8.72. The van der Waals surface area contributed by atoms with E-state index in [1.807, 2.05) is 24.4 Å². The van der Waals surface area contributed by atoms with Gasteiger partial charge in [-0.2, -0.15) is 9.97 Å². The van der Waals surface area contributed by atoms with Crippen molar-refractivity contribution in [2.24, 2.45) is 0 Å². The zero-order chi connectivity index (χ0) is 22.4. The van der Waals surface area contributed by atoms with Crippen LogP contribution in [0.25, 0.3) is 22.1 Å². The Morgan fingerprint density at radius 1 is 1.03 bits per heavy atom. The van der Waals surface area contributed by atoms with E-state index in [1.165, 1.54) is 0 Å². The van der Waals surface area contributed by atoms with Gasteiger partial charge in [-0.15, -0.1) is 0 Å². The van der Waals surface area contributed by atoms with Gasteiger partial charge in [-0.3, -0.25) is 0 Å². The number of hydrogen-bond acceptors (Lipinski definition) is 8. The molecule has 2 saturated heterocycles. The molecule has 0 bridgehead atoms. The van der Waals surface area contributed by atoms with Crippen LogP contribution in [0.15, 0.2) is 40.9 Å². The molecule has 0 amide bonds. The number of benzene rings is 1. The first-order valence-corrected chi connectivity index (χ1v) is 11.4. The molecule has 2 fully saturated rings. The van der Waals surface area contributed by atoms with Gasteiger partial charge in [0.1, 0.15) is 11.2 Å². The molecule has 0 radical (unpaired) electrons. The number of nitrogens with zero attached hydrogens (tertiary/aromatic N) is 4. The Kier molecular flexibility index (Phi) is 4.88. The fraction of sp³-hybridized carbons (Fsp3) is 0.417. The summed E-state index contributed by atoms with van der Waals surface area (Å²) < 4.78 is 16.6. The summed E-state index contributed by atoms with van der Waals surface area (Å²) in [5, 5.41) is 12.4. The minimum Gasteiger partial charge on any atom is -0.481 e. The molecule has 6 rings (SSSR count). The van der Waals surface area contributed by atoms with E-state index in [-0.39, 0.29) is 0 Å². The maximum absolute atomic E-state index is 11.5. The van der Waals surface area contributed by atoms with Crippen molar-refractivity contribution in [2.75, 3.05) is 56.3 Å². The lowest BCUT2D eigenvalue weighted by Gasteiger charge is -2.39. The third kappa shape index (κ3) is 3.57. The van der Waals surface area contributed by atoms with Gasteiger partial charge in [-0.05, 0) is 37.1 Å². The van der Waals surface area contributed by atoms with E-state index < -0.39 is 5.60 Å². The summed E-state index contributed by atoms with van der Waals surface area (Å²) in [6.07, 6.45) is 3.13. The number of rotatable bonds is 4. The molecule has 0 atom stereocenters. The minimum atomic E-state index is -0.896. The Balaban J connectivity index is 1.20. The van der Waals surface area contributed by atoms with Crippen LogP contribution >= 0.6 is 0 Å². The van der Waals surface area contributed by atoms with Crippen LogP contribution in [0.4, 0.5) is 11.7 Å². The van der Waals surface area contributed by atoms with E-state index in [0.717, 1.165) is 59.6 Å². The minimum absolute atomic E-state index is 0.553. The predicted molar refractivity (Wildman–Crippen MR) is 125 cm³/mol. The molecule has 5 heterocycles. The first-order valence-electron chi connectivity index (χ1n) is 11.4. The van der Waals surface area contributed by atoms with Gasteiger partial charge in [0.25, 0.3) is 6.01 Å². The molecule has 9 nitrogen and oxygen atoms in total. The number of aromatic amines is 1. The molecule has 2 aliphatic heterocycles. The summed E-state index contributed by atoms with van der Waals surface area (Å²) in [4.78, 5) is 16.8. The lowest BCUT2D eigenvalue weighted by molar-refractivity contribution is 0.0132. The number of piperidine rings is 1. The van der Waals surface area contributed by atoms with Gasteiger partial charge < -0.3 is 33.8 Å². The van der Waals surface area contributed by atoms with Gasteiger partial charge in [-0.1, -0.05) is 0 Å². The predicted octanol–water partition coefficient (Wildman–Crippen LogP) is 3.04. The van der Waals surface area contributed by atoms with E-state index in [4.69, 9.17) is 18.9 Å². The van der Waals surface area contributed by atoms with Crippen molar-refractivity contribution in [3.05, 3.63) is 42.1 Å². The molecule has 3 aromatic heterocycles. The highest BCUT2D eigenvalue weighted by molar-refractivity contribution is 5.82. The summed E-state index contributed by atoms with van der Waals surface area (Å²) in [6.45, 7) is 4.46. The van der Waals surface area contributed by atoms with Crippen molar-refractivity contribution in [3.63, 3.8) is 0 Å². The summed E-state index contributed by atoms with van der Waals surface area (Å²) in [5.74, 6) is 0.553. The third-order valence-electron chi connectivity index (χ3n) is 6.82. The van der Waals surface area contributed by atoms with Crippen molar-refractivity contribution in [1.29, 1.82) is 0 Å². The lowest BCUT2D eigenvalue weighted by Crippen LogP contribution is -2.42. The lowest BCUT2D eigenvalue weighted by atomic mass is 9.84. The molecular formula is C24H27N5O4. The van der Waals surface area contributed by atoms with Gasteiger partial charge in [0.15, 0.2) is 5.58 Å². The number of fused-ring (bicyclic) bond motifs is 2. The number of aromatic nitrogens is 3. The standard InChI is InChI=1S/C24H27N5O4/c1-31-21-5-3-17-18(15-25-22(17)27-21)24(30)6-8-28(9-7-24)16-2-4-20-19(14-16)26-23(33-20)29-10-12-32-13-11-29/h2-5,14-15,30H,6-13H2,1H3,(H,25,27). The number of oxazole rings is 1. The van der Waals surface area contributed by atoms with Crippen molar-refractivity contribution in [3.8, 4) is 5.88 Å². The average molecular weight is 450 g/mol. The first-order chi connectivity index (χ1) is 16.1. The zero-order valence-electron chi connectivity index (χ0n) is 18.6. The summed E-state index contributed by atoms with van der Waals surface area (Å²) in [6, 6.07) is 10.6. The first kappa shape index (κ1) is 20.3.